The maximum absolute atomic E-state index is 14.2. The number of rotatable bonds is 14. The number of amides is 3. The number of halogens is 5. The third-order valence-corrected chi connectivity index (χ3v) is 11.1. The molecule has 4 atom stereocenters. The number of likely N-dealkylation sites (N-methyl/N-ethyl adjacent to an activating group) is 2. The van der Waals surface area contributed by atoms with Crippen molar-refractivity contribution < 1.29 is 50.6 Å². The van der Waals surface area contributed by atoms with Crippen LogP contribution >= 0.6 is 11.3 Å². The predicted octanol–water partition coefficient (Wildman–Crippen LogP) is 5.88. The number of hydrogen-bond acceptors (Lipinski definition) is 9. The lowest BCUT2D eigenvalue weighted by Crippen LogP contribution is -2.60. The number of nitrogens with zero attached hydrogens (tertiary/aromatic N) is 3. The van der Waals surface area contributed by atoms with Gasteiger partial charge >= 0.3 is 12.1 Å². The fraction of sp³-hybridized carbons (Fsp3) is 0.618. The number of esters is 1. The lowest BCUT2D eigenvalue weighted by molar-refractivity contribution is -0.142. The van der Waals surface area contributed by atoms with Gasteiger partial charge in [-0.2, -0.15) is 8.78 Å². The van der Waals surface area contributed by atoms with E-state index in [1.807, 2.05) is 34.7 Å². The standard InChI is InChI=1S/C34H44F5N5O6S/c1-8-17(5)27(42-32(47)34-12-10-18(11-13-34)44(34)7)30(45)43(6)20(16(3)4)14-21(49-33(48)40-9-2)29-41-19(15-51-29)31(46)50-28-25(38)23(36)22(35)24(37)26(28)39/h15-18,20-21,27H,8-14H2,1-7H3,(H,40,48)(H,42,47)/t17-,18?,20+,21+,27-,34?/m0/s1. The number of fused-ring (bicyclic) bond motifs is 2. The van der Waals surface area contributed by atoms with Gasteiger partial charge in [0.15, 0.2) is 11.8 Å². The second-order valence-electron chi connectivity index (χ2n) is 13.5. The summed E-state index contributed by atoms with van der Waals surface area (Å²) in [5, 5.41) is 6.71. The van der Waals surface area contributed by atoms with Gasteiger partial charge in [0.1, 0.15) is 16.6 Å². The maximum atomic E-state index is 14.2. The van der Waals surface area contributed by atoms with Crippen molar-refractivity contribution in [2.75, 3.05) is 20.6 Å². The van der Waals surface area contributed by atoms with Crippen molar-refractivity contribution in [1.82, 2.24) is 25.4 Å². The summed E-state index contributed by atoms with van der Waals surface area (Å²) in [7, 11) is 3.54. The van der Waals surface area contributed by atoms with Crippen LogP contribution in [0.3, 0.4) is 0 Å². The number of benzene rings is 1. The van der Waals surface area contributed by atoms with E-state index in [1.165, 1.54) is 4.90 Å². The molecule has 1 aromatic heterocycles. The first-order valence-electron chi connectivity index (χ1n) is 16.9. The van der Waals surface area contributed by atoms with Crippen LogP contribution in [0.5, 0.6) is 5.75 Å². The van der Waals surface area contributed by atoms with Crippen LogP contribution in [0.15, 0.2) is 5.38 Å². The number of hydrogen-bond donors (Lipinski definition) is 2. The quantitative estimate of drug-likeness (QED) is 0.0808. The highest BCUT2D eigenvalue weighted by Crippen LogP contribution is 2.45. The number of carbonyl (C=O) groups is 4. The van der Waals surface area contributed by atoms with E-state index < -0.39 is 76.3 Å². The molecule has 0 saturated carbocycles. The van der Waals surface area contributed by atoms with Crippen molar-refractivity contribution in [3.63, 3.8) is 0 Å². The average Bonchev–Trinajstić information content (AvgIpc) is 3.82. The first-order valence-corrected chi connectivity index (χ1v) is 17.8. The summed E-state index contributed by atoms with van der Waals surface area (Å²) in [6, 6.07) is -1.11. The molecule has 0 unspecified atom stereocenters. The zero-order chi connectivity index (χ0) is 37.9. The average molecular weight is 746 g/mol. The number of nitrogens with one attached hydrogen (secondary N) is 2. The van der Waals surface area contributed by atoms with Crippen molar-refractivity contribution in [2.24, 2.45) is 11.8 Å². The normalized spacial score (nSPS) is 20.8. The number of thiazole rings is 1. The Kier molecular flexibility index (Phi) is 12.7. The van der Waals surface area contributed by atoms with Crippen molar-refractivity contribution in [3.8, 4) is 5.75 Å². The van der Waals surface area contributed by atoms with Crippen LogP contribution in [-0.4, -0.2) is 83.0 Å². The predicted molar refractivity (Wildman–Crippen MR) is 176 cm³/mol. The van der Waals surface area contributed by atoms with E-state index in [0.29, 0.717) is 12.5 Å². The monoisotopic (exact) mass is 745 g/mol. The second-order valence-corrected chi connectivity index (χ2v) is 14.4. The second kappa shape index (κ2) is 16.2. The molecule has 2 aromatic rings. The lowest BCUT2D eigenvalue weighted by Gasteiger charge is -2.38. The van der Waals surface area contributed by atoms with Crippen LogP contribution in [0.1, 0.15) is 94.7 Å². The largest absolute Gasteiger partial charge is 0.439 e. The molecule has 282 valence electrons. The van der Waals surface area contributed by atoms with Crippen LogP contribution in [0.2, 0.25) is 0 Å². The number of carbonyl (C=O) groups excluding carboxylic acids is 4. The van der Waals surface area contributed by atoms with E-state index in [-0.39, 0.29) is 41.6 Å². The summed E-state index contributed by atoms with van der Waals surface area (Å²) in [6.45, 7) is 9.40. The van der Waals surface area contributed by atoms with Gasteiger partial charge in [0.2, 0.25) is 46.6 Å². The molecule has 0 radical (unpaired) electrons. The summed E-state index contributed by atoms with van der Waals surface area (Å²) in [4.78, 5) is 61.1. The first kappa shape index (κ1) is 39.9. The topological polar surface area (TPSA) is 130 Å². The van der Waals surface area contributed by atoms with Gasteiger partial charge in [-0.25, -0.2) is 27.7 Å². The minimum absolute atomic E-state index is 0.0216. The molecule has 2 fully saturated rings. The Hall–Kier alpha value is -3.86. The first-order chi connectivity index (χ1) is 24.0. The van der Waals surface area contributed by atoms with Crippen molar-refractivity contribution in [1.29, 1.82) is 0 Å². The third-order valence-electron chi connectivity index (χ3n) is 10.2. The summed E-state index contributed by atoms with van der Waals surface area (Å²) in [5.41, 5.74) is -1.21. The maximum Gasteiger partial charge on any atom is 0.407 e. The Morgan fingerprint density at radius 1 is 1.02 bits per heavy atom. The van der Waals surface area contributed by atoms with Crippen LogP contribution in [0.4, 0.5) is 26.7 Å². The molecular formula is C34H44F5N5O6S. The van der Waals surface area contributed by atoms with Crippen LogP contribution in [-0.2, 0) is 14.3 Å². The summed E-state index contributed by atoms with van der Waals surface area (Å²) < 4.78 is 79.4. The molecule has 1 aromatic carbocycles. The van der Waals surface area contributed by atoms with E-state index in [9.17, 15) is 41.1 Å². The van der Waals surface area contributed by atoms with Crippen LogP contribution in [0.25, 0.3) is 0 Å². The molecule has 0 aliphatic carbocycles. The molecule has 4 rings (SSSR count). The highest BCUT2D eigenvalue weighted by Gasteiger charge is 2.55. The van der Waals surface area contributed by atoms with Crippen LogP contribution < -0.4 is 15.4 Å². The Labute approximate surface area is 297 Å². The molecule has 3 amide bonds. The Bertz CT molecular complexity index is 1610. The Morgan fingerprint density at radius 2 is 1.61 bits per heavy atom. The van der Waals surface area contributed by atoms with Crippen LogP contribution in [0, 0.1) is 40.9 Å². The zero-order valence-electron chi connectivity index (χ0n) is 29.6. The Balaban J connectivity index is 1.58. The van der Waals surface area contributed by atoms with Gasteiger partial charge in [-0.3, -0.25) is 14.5 Å². The summed E-state index contributed by atoms with van der Waals surface area (Å²) in [6.07, 6.45) is 1.85. The highest BCUT2D eigenvalue weighted by molar-refractivity contribution is 7.09. The van der Waals surface area contributed by atoms with E-state index in [4.69, 9.17) is 4.74 Å². The minimum Gasteiger partial charge on any atom is -0.439 e. The van der Waals surface area contributed by atoms with Gasteiger partial charge in [0, 0.05) is 37.5 Å². The minimum atomic E-state index is -2.42. The van der Waals surface area contributed by atoms with Gasteiger partial charge in [-0.1, -0.05) is 34.1 Å². The summed E-state index contributed by atoms with van der Waals surface area (Å²) in [5.74, 6) is -16.0. The molecule has 0 spiro atoms. The fourth-order valence-electron chi connectivity index (χ4n) is 6.86. The number of alkyl carbamates (subject to hydrolysis) is 1. The zero-order valence-corrected chi connectivity index (χ0v) is 30.4. The smallest absolute Gasteiger partial charge is 0.407 e. The van der Waals surface area contributed by atoms with Gasteiger partial charge in [0.25, 0.3) is 0 Å². The lowest BCUT2D eigenvalue weighted by atomic mass is 9.86. The molecule has 2 N–H and O–H groups in total. The molecule has 51 heavy (non-hydrogen) atoms. The number of aromatic nitrogens is 1. The molecule has 2 saturated heterocycles. The van der Waals surface area contributed by atoms with E-state index >= 15 is 0 Å². The molecule has 17 heteroatoms. The third kappa shape index (κ3) is 7.98. The van der Waals surface area contributed by atoms with Gasteiger partial charge in [0.05, 0.1) is 0 Å². The van der Waals surface area contributed by atoms with Gasteiger partial charge in [-0.15, -0.1) is 11.3 Å². The fourth-order valence-corrected chi connectivity index (χ4v) is 7.69. The molecule has 2 bridgehead atoms. The van der Waals surface area contributed by atoms with Gasteiger partial charge < -0.3 is 25.0 Å². The molecule has 2 aliphatic heterocycles. The van der Waals surface area contributed by atoms with E-state index in [1.54, 1.807) is 14.0 Å². The highest BCUT2D eigenvalue weighted by atomic mass is 32.1. The SMILES string of the molecule is CCNC(=O)O[C@H](C[C@H](C(C)C)N(C)C(=O)[C@@H](NC(=O)C12CCC(CC1)N2C)[C@@H](C)CC)c1nc(C(=O)Oc2c(F)c(F)c(F)c(F)c2F)cs1. The molecule has 11 nitrogen and oxygen atoms in total. The van der Waals surface area contributed by atoms with Crippen molar-refractivity contribution in [2.45, 2.75) is 103 Å². The number of ether oxygens (including phenoxy) is 2. The van der Waals surface area contributed by atoms with Gasteiger partial charge in [-0.05, 0) is 51.5 Å². The molecular weight excluding hydrogens is 701 g/mol. The summed E-state index contributed by atoms with van der Waals surface area (Å²) >= 11 is 0.813. The Morgan fingerprint density at radius 3 is 2.12 bits per heavy atom. The molecule has 2 aliphatic rings. The van der Waals surface area contributed by atoms with E-state index in [2.05, 4.69) is 25.3 Å². The van der Waals surface area contributed by atoms with Crippen molar-refractivity contribution in [3.05, 3.63) is 45.2 Å². The molecule has 3 heterocycles. The van der Waals surface area contributed by atoms with Crippen molar-refractivity contribution >= 4 is 35.2 Å². The van der Waals surface area contributed by atoms with E-state index in [0.717, 1.165) is 42.4 Å².